The van der Waals surface area contributed by atoms with Gasteiger partial charge >= 0.3 is 0 Å². The van der Waals surface area contributed by atoms with Gasteiger partial charge in [-0.05, 0) is 43.2 Å². The second kappa shape index (κ2) is 9.65. The molecule has 150 valence electrons. The highest BCUT2D eigenvalue weighted by Gasteiger charge is 2.18. The predicted octanol–water partition coefficient (Wildman–Crippen LogP) is 4.74. The van der Waals surface area contributed by atoms with Crippen molar-refractivity contribution in [3.8, 4) is 0 Å². The van der Waals surface area contributed by atoms with Crippen LogP contribution in [-0.4, -0.2) is 46.3 Å². The molecule has 0 bridgehead atoms. The van der Waals surface area contributed by atoms with Crippen LogP contribution in [0.3, 0.4) is 0 Å². The number of hydrogen-bond donors (Lipinski definition) is 1. The molecule has 1 fully saturated rings. The maximum Gasteiger partial charge on any atom is 0.234 e. The van der Waals surface area contributed by atoms with Crippen LogP contribution in [0.25, 0.3) is 10.2 Å². The van der Waals surface area contributed by atoms with Crippen LogP contribution >= 0.6 is 34.9 Å². The standard InChI is InChI=1S/C21H21N3O2S3/c25-19(13-27-16-6-2-1-3-7-16)22-15-8-9-17-18(12-15)29-21(23-17)28-14-20(26)24-10-4-5-11-24/h1-3,6-9,12H,4-5,10-11,13-14H2,(H,22,25). The van der Waals surface area contributed by atoms with Gasteiger partial charge in [-0.2, -0.15) is 0 Å². The summed E-state index contributed by atoms with van der Waals surface area (Å²) in [6.45, 7) is 1.76. The molecule has 2 heterocycles. The molecule has 0 atom stereocenters. The monoisotopic (exact) mass is 443 g/mol. The molecule has 4 rings (SSSR count). The van der Waals surface area contributed by atoms with Gasteiger partial charge in [0, 0.05) is 23.7 Å². The van der Waals surface area contributed by atoms with E-state index in [1.165, 1.54) is 23.5 Å². The lowest BCUT2D eigenvalue weighted by molar-refractivity contribution is -0.127. The number of thiazole rings is 1. The Kier molecular flexibility index (Phi) is 6.74. The predicted molar refractivity (Wildman–Crippen MR) is 122 cm³/mol. The maximum atomic E-state index is 12.2. The first-order valence-corrected chi connectivity index (χ1v) is 12.2. The molecule has 2 amide bonds. The van der Waals surface area contributed by atoms with E-state index in [4.69, 9.17) is 0 Å². The molecule has 0 aliphatic carbocycles. The zero-order valence-corrected chi connectivity index (χ0v) is 18.2. The fourth-order valence-electron chi connectivity index (χ4n) is 3.09. The second-order valence-corrected chi connectivity index (χ2v) is 9.99. The number of nitrogens with one attached hydrogen (secondary N) is 1. The Balaban J connectivity index is 1.32. The van der Waals surface area contributed by atoms with Crippen molar-refractivity contribution in [1.82, 2.24) is 9.88 Å². The summed E-state index contributed by atoms with van der Waals surface area (Å²) >= 11 is 4.56. The van der Waals surface area contributed by atoms with E-state index in [1.54, 1.807) is 11.3 Å². The molecule has 29 heavy (non-hydrogen) atoms. The van der Waals surface area contributed by atoms with Gasteiger partial charge in [0.2, 0.25) is 11.8 Å². The van der Waals surface area contributed by atoms with Gasteiger partial charge < -0.3 is 10.2 Å². The zero-order chi connectivity index (χ0) is 20.1. The summed E-state index contributed by atoms with van der Waals surface area (Å²) < 4.78 is 1.89. The highest BCUT2D eigenvalue weighted by atomic mass is 32.2. The van der Waals surface area contributed by atoms with Crippen molar-refractivity contribution in [3.05, 3.63) is 48.5 Å². The van der Waals surface area contributed by atoms with Crippen molar-refractivity contribution in [2.45, 2.75) is 22.1 Å². The first-order chi connectivity index (χ1) is 14.2. The topological polar surface area (TPSA) is 62.3 Å². The number of amides is 2. The quantitative estimate of drug-likeness (QED) is 0.534. The van der Waals surface area contributed by atoms with Gasteiger partial charge in [-0.3, -0.25) is 9.59 Å². The van der Waals surface area contributed by atoms with E-state index in [2.05, 4.69) is 10.3 Å². The van der Waals surface area contributed by atoms with Crippen molar-refractivity contribution >= 4 is 62.6 Å². The lowest BCUT2D eigenvalue weighted by Crippen LogP contribution is -2.29. The number of hydrogen-bond acceptors (Lipinski definition) is 6. The number of carbonyl (C=O) groups excluding carboxylic acids is 2. The Morgan fingerprint density at radius 3 is 2.62 bits per heavy atom. The number of benzene rings is 2. The summed E-state index contributed by atoms with van der Waals surface area (Å²) in [7, 11) is 0. The molecule has 1 N–H and O–H groups in total. The van der Waals surface area contributed by atoms with E-state index in [0.717, 1.165) is 51.1 Å². The number of fused-ring (bicyclic) bond motifs is 1. The molecule has 1 aliphatic heterocycles. The van der Waals surface area contributed by atoms with E-state index in [0.29, 0.717) is 11.5 Å². The maximum absolute atomic E-state index is 12.2. The van der Waals surface area contributed by atoms with Gasteiger partial charge in [-0.1, -0.05) is 30.0 Å². The molecule has 0 radical (unpaired) electrons. The molecule has 0 unspecified atom stereocenters. The molecule has 1 aliphatic rings. The van der Waals surface area contributed by atoms with E-state index < -0.39 is 0 Å². The summed E-state index contributed by atoms with van der Waals surface area (Å²) in [4.78, 5) is 32.1. The number of carbonyl (C=O) groups is 2. The van der Waals surface area contributed by atoms with Gasteiger partial charge in [0.25, 0.3) is 0 Å². The van der Waals surface area contributed by atoms with Crippen LogP contribution in [0.5, 0.6) is 0 Å². The van der Waals surface area contributed by atoms with Gasteiger partial charge in [0.05, 0.1) is 21.7 Å². The molecule has 0 spiro atoms. The van der Waals surface area contributed by atoms with Crippen molar-refractivity contribution in [1.29, 1.82) is 0 Å². The van der Waals surface area contributed by atoms with E-state index in [9.17, 15) is 9.59 Å². The van der Waals surface area contributed by atoms with Crippen molar-refractivity contribution in [2.75, 3.05) is 29.9 Å². The molecule has 5 nitrogen and oxygen atoms in total. The minimum absolute atomic E-state index is 0.0338. The number of anilines is 1. The summed E-state index contributed by atoms with van der Waals surface area (Å²) in [5, 5.41) is 2.95. The van der Waals surface area contributed by atoms with Crippen LogP contribution in [0.1, 0.15) is 12.8 Å². The Hall–Kier alpha value is -2.03. The number of aromatic nitrogens is 1. The van der Waals surface area contributed by atoms with Crippen LogP contribution in [0.15, 0.2) is 57.8 Å². The van der Waals surface area contributed by atoms with Gasteiger partial charge in [-0.25, -0.2) is 4.98 Å². The lowest BCUT2D eigenvalue weighted by Gasteiger charge is -2.13. The molecule has 2 aromatic carbocycles. The Labute approximate surface area is 182 Å². The molecule has 1 saturated heterocycles. The number of rotatable bonds is 7. The second-order valence-electron chi connectivity index (χ2n) is 6.69. The van der Waals surface area contributed by atoms with Crippen LogP contribution < -0.4 is 5.32 Å². The number of likely N-dealkylation sites (tertiary alicyclic amines) is 1. The Bertz CT molecular complexity index is 1000. The molecule has 8 heteroatoms. The third-order valence-corrected chi connectivity index (χ3v) is 7.70. The zero-order valence-electron chi connectivity index (χ0n) is 15.8. The third-order valence-electron chi connectivity index (χ3n) is 4.54. The fourth-order valence-corrected chi connectivity index (χ4v) is 5.82. The minimum atomic E-state index is -0.0338. The average Bonchev–Trinajstić information content (AvgIpc) is 3.41. The summed E-state index contributed by atoms with van der Waals surface area (Å²) in [6, 6.07) is 15.6. The molecular weight excluding hydrogens is 422 g/mol. The molecule has 3 aromatic rings. The largest absolute Gasteiger partial charge is 0.342 e. The summed E-state index contributed by atoms with van der Waals surface area (Å²) in [6.07, 6.45) is 2.21. The molecular formula is C21H21N3O2S3. The Morgan fingerprint density at radius 1 is 1.03 bits per heavy atom. The summed E-state index contributed by atoms with van der Waals surface area (Å²) in [5.41, 5.74) is 1.66. The lowest BCUT2D eigenvalue weighted by atomic mass is 10.3. The molecule has 1 aromatic heterocycles. The van der Waals surface area contributed by atoms with Gasteiger partial charge in [0.1, 0.15) is 0 Å². The normalized spacial score (nSPS) is 13.7. The number of nitrogens with zero attached hydrogens (tertiary/aromatic N) is 2. The third kappa shape index (κ3) is 5.52. The molecule has 0 saturated carbocycles. The van der Waals surface area contributed by atoms with Crippen molar-refractivity contribution < 1.29 is 9.59 Å². The average molecular weight is 444 g/mol. The van der Waals surface area contributed by atoms with Crippen LogP contribution in [-0.2, 0) is 9.59 Å². The van der Waals surface area contributed by atoms with E-state index in [1.807, 2.05) is 53.4 Å². The smallest absolute Gasteiger partial charge is 0.234 e. The van der Waals surface area contributed by atoms with Crippen LogP contribution in [0.4, 0.5) is 5.69 Å². The van der Waals surface area contributed by atoms with Crippen molar-refractivity contribution in [2.24, 2.45) is 0 Å². The minimum Gasteiger partial charge on any atom is -0.342 e. The highest BCUT2D eigenvalue weighted by Crippen LogP contribution is 2.31. The SMILES string of the molecule is O=C(CSc1ccccc1)Nc1ccc2nc(SCC(=O)N3CCCC3)sc2c1. The van der Waals surface area contributed by atoms with Crippen molar-refractivity contribution in [3.63, 3.8) is 0 Å². The fraction of sp³-hybridized carbons (Fsp3) is 0.286. The van der Waals surface area contributed by atoms with E-state index in [-0.39, 0.29) is 11.8 Å². The first-order valence-electron chi connectivity index (χ1n) is 9.46. The van der Waals surface area contributed by atoms with Gasteiger partial charge in [0.15, 0.2) is 4.34 Å². The van der Waals surface area contributed by atoms with Crippen LogP contribution in [0.2, 0.25) is 0 Å². The first kappa shape index (κ1) is 20.3. The summed E-state index contributed by atoms with van der Waals surface area (Å²) in [5.74, 6) is 0.953. The number of thioether (sulfide) groups is 2. The van der Waals surface area contributed by atoms with Gasteiger partial charge in [-0.15, -0.1) is 23.1 Å². The van der Waals surface area contributed by atoms with Crippen LogP contribution in [0, 0.1) is 0 Å². The highest BCUT2D eigenvalue weighted by molar-refractivity contribution is 8.01. The van der Waals surface area contributed by atoms with E-state index >= 15 is 0 Å². The Morgan fingerprint density at radius 2 is 1.83 bits per heavy atom.